The van der Waals surface area contributed by atoms with E-state index in [2.05, 4.69) is 5.32 Å². The van der Waals surface area contributed by atoms with Crippen molar-refractivity contribution >= 4 is 11.6 Å². The first-order valence-electron chi connectivity index (χ1n) is 6.81. The van der Waals surface area contributed by atoms with Gasteiger partial charge in [0, 0.05) is 5.69 Å². The van der Waals surface area contributed by atoms with Crippen LogP contribution in [0.15, 0.2) is 48.5 Å². The quantitative estimate of drug-likeness (QED) is 0.884. The number of nitrogens with one attached hydrogen (secondary N) is 1. The fraction of sp³-hybridized carbons (Fsp3) is 0.235. The number of hydrogen-bond donors (Lipinski definition) is 1. The Balaban J connectivity index is 1.77. The Morgan fingerprint density at radius 2 is 1.71 bits per heavy atom. The van der Waals surface area contributed by atoms with Crippen molar-refractivity contribution in [1.29, 1.82) is 0 Å². The maximum absolute atomic E-state index is 11.8. The van der Waals surface area contributed by atoms with Gasteiger partial charge in [0.15, 0.2) is 0 Å². The molecule has 110 valence electrons. The lowest BCUT2D eigenvalue weighted by Crippen LogP contribution is -2.15. The third-order valence-corrected chi connectivity index (χ3v) is 3.08. The van der Waals surface area contributed by atoms with Gasteiger partial charge in [0.2, 0.25) is 5.91 Å². The first-order chi connectivity index (χ1) is 10.2. The van der Waals surface area contributed by atoms with Crippen LogP contribution >= 0.6 is 0 Å². The Morgan fingerprint density at radius 3 is 2.38 bits per heavy atom. The highest BCUT2D eigenvalue weighted by Gasteiger charge is 2.04. The fourth-order valence-corrected chi connectivity index (χ4v) is 1.86. The van der Waals surface area contributed by atoms with E-state index < -0.39 is 0 Å². The summed E-state index contributed by atoms with van der Waals surface area (Å²) in [6, 6.07) is 15.0. The minimum absolute atomic E-state index is 0.0576. The average molecular weight is 285 g/mol. The Morgan fingerprint density at radius 1 is 1.05 bits per heavy atom. The van der Waals surface area contributed by atoms with Crippen molar-refractivity contribution in [1.82, 2.24) is 0 Å². The zero-order chi connectivity index (χ0) is 15.1. The number of para-hydroxylation sites is 1. The van der Waals surface area contributed by atoms with Crippen molar-refractivity contribution in [2.24, 2.45) is 0 Å². The first-order valence-corrected chi connectivity index (χ1v) is 6.81. The summed E-state index contributed by atoms with van der Waals surface area (Å²) >= 11 is 0. The molecule has 2 aromatic rings. The number of hydrogen-bond acceptors (Lipinski definition) is 3. The fourth-order valence-electron chi connectivity index (χ4n) is 1.86. The molecule has 0 saturated carbocycles. The highest BCUT2D eigenvalue weighted by Crippen LogP contribution is 2.17. The topological polar surface area (TPSA) is 47.6 Å². The first kappa shape index (κ1) is 14.9. The maximum Gasteiger partial charge on any atom is 0.227 e. The van der Waals surface area contributed by atoms with Gasteiger partial charge < -0.3 is 14.8 Å². The second-order valence-corrected chi connectivity index (χ2v) is 4.64. The summed E-state index contributed by atoms with van der Waals surface area (Å²) in [7, 11) is 1.62. The smallest absolute Gasteiger partial charge is 0.227 e. The van der Waals surface area contributed by atoms with E-state index in [-0.39, 0.29) is 5.91 Å². The molecule has 0 spiro atoms. The van der Waals surface area contributed by atoms with E-state index in [1.807, 2.05) is 55.5 Å². The SMILES string of the molecule is COc1ccc(OCCC(=O)Nc2ccccc2C)cc1. The van der Waals surface area contributed by atoms with Gasteiger partial charge in [-0.05, 0) is 42.8 Å². The predicted molar refractivity (Wildman–Crippen MR) is 82.9 cm³/mol. The molecule has 21 heavy (non-hydrogen) atoms. The van der Waals surface area contributed by atoms with E-state index in [1.54, 1.807) is 7.11 Å². The molecule has 2 rings (SSSR count). The number of aryl methyl sites for hydroxylation is 1. The van der Waals surface area contributed by atoms with Gasteiger partial charge in [-0.15, -0.1) is 0 Å². The number of rotatable bonds is 6. The summed E-state index contributed by atoms with van der Waals surface area (Å²) in [5.74, 6) is 1.44. The summed E-state index contributed by atoms with van der Waals surface area (Å²) in [6.45, 7) is 2.30. The second kappa shape index (κ2) is 7.33. The monoisotopic (exact) mass is 285 g/mol. The molecular weight excluding hydrogens is 266 g/mol. The highest BCUT2D eigenvalue weighted by molar-refractivity contribution is 5.91. The number of benzene rings is 2. The summed E-state index contributed by atoms with van der Waals surface area (Å²) in [4.78, 5) is 11.8. The molecule has 0 aromatic heterocycles. The number of ether oxygens (including phenoxy) is 2. The van der Waals surface area contributed by atoms with Gasteiger partial charge >= 0.3 is 0 Å². The lowest BCUT2D eigenvalue weighted by atomic mass is 10.2. The Hall–Kier alpha value is -2.49. The maximum atomic E-state index is 11.8. The third-order valence-electron chi connectivity index (χ3n) is 3.08. The summed E-state index contributed by atoms with van der Waals surface area (Å²) in [6.07, 6.45) is 0.306. The van der Waals surface area contributed by atoms with Crippen LogP contribution in [0.4, 0.5) is 5.69 Å². The van der Waals surface area contributed by atoms with E-state index in [1.165, 1.54) is 0 Å². The molecule has 0 saturated heterocycles. The van der Waals surface area contributed by atoms with Gasteiger partial charge in [0.05, 0.1) is 20.1 Å². The molecule has 0 aliphatic heterocycles. The van der Waals surface area contributed by atoms with Gasteiger partial charge in [0.25, 0.3) is 0 Å². The number of anilines is 1. The van der Waals surface area contributed by atoms with Crippen LogP contribution in [0.25, 0.3) is 0 Å². The zero-order valence-corrected chi connectivity index (χ0v) is 12.3. The van der Waals surface area contributed by atoms with Gasteiger partial charge in [-0.1, -0.05) is 18.2 Å². The molecule has 0 aliphatic carbocycles. The van der Waals surface area contributed by atoms with Crippen LogP contribution in [0.5, 0.6) is 11.5 Å². The zero-order valence-electron chi connectivity index (χ0n) is 12.3. The van der Waals surface area contributed by atoms with Gasteiger partial charge in [-0.3, -0.25) is 4.79 Å². The lowest BCUT2D eigenvalue weighted by molar-refractivity contribution is -0.116. The Labute approximate surface area is 124 Å². The van der Waals surface area contributed by atoms with Crippen LogP contribution in [0.2, 0.25) is 0 Å². The molecule has 0 radical (unpaired) electrons. The number of methoxy groups -OCH3 is 1. The summed E-state index contributed by atoms with van der Waals surface area (Å²) in [5, 5.41) is 2.88. The van der Waals surface area contributed by atoms with Crippen LogP contribution in [0.1, 0.15) is 12.0 Å². The Kier molecular flexibility index (Phi) is 5.21. The molecule has 0 bridgehead atoms. The van der Waals surface area contributed by atoms with Gasteiger partial charge in [0.1, 0.15) is 11.5 Å². The van der Waals surface area contributed by atoms with E-state index in [4.69, 9.17) is 9.47 Å². The van der Waals surface area contributed by atoms with Gasteiger partial charge in [-0.25, -0.2) is 0 Å². The summed E-state index contributed by atoms with van der Waals surface area (Å²) < 4.78 is 10.6. The van der Waals surface area contributed by atoms with Crippen LogP contribution in [-0.2, 0) is 4.79 Å². The molecule has 0 heterocycles. The number of carbonyl (C=O) groups excluding carboxylic acids is 1. The summed E-state index contributed by atoms with van der Waals surface area (Å²) in [5.41, 5.74) is 1.88. The van der Waals surface area contributed by atoms with E-state index >= 15 is 0 Å². The molecule has 0 atom stereocenters. The molecule has 0 aliphatic rings. The second-order valence-electron chi connectivity index (χ2n) is 4.64. The molecular formula is C17H19NO3. The van der Waals surface area contributed by atoms with Crippen LogP contribution in [-0.4, -0.2) is 19.6 Å². The van der Waals surface area contributed by atoms with Crippen molar-refractivity contribution in [3.05, 3.63) is 54.1 Å². The van der Waals surface area contributed by atoms with E-state index in [0.717, 1.165) is 22.7 Å². The van der Waals surface area contributed by atoms with Crippen molar-refractivity contribution in [3.63, 3.8) is 0 Å². The van der Waals surface area contributed by atoms with Crippen molar-refractivity contribution < 1.29 is 14.3 Å². The molecule has 4 heteroatoms. The minimum atomic E-state index is -0.0576. The van der Waals surface area contributed by atoms with Crippen LogP contribution < -0.4 is 14.8 Å². The van der Waals surface area contributed by atoms with Crippen molar-refractivity contribution in [3.8, 4) is 11.5 Å². The van der Waals surface area contributed by atoms with Crippen molar-refractivity contribution in [2.45, 2.75) is 13.3 Å². The largest absolute Gasteiger partial charge is 0.497 e. The van der Waals surface area contributed by atoms with Crippen LogP contribution in [0.3, 0.4) is 0 Å². The average Bonchev–Trinajstić information content (AvgIpc) is 2.50. The lowest BCUT2D eigenvalue weighted by Gasteiger charge is -2.09. The minimum Gasteiger partial charge on any atom is -0.497 e. The van der Waals surface area contributed by atoms with Crippen molar-refractivity contribution in [2.75, 3.05) is 19.0 Å². The number of carbonyl (C=O) groups is 1. The predicted octanol–water partition coefficient (Wildman–Crippen LogP) is 3.41. The van der Waals surface area contributed by atoms with Crippen LogP contribution in [0, 0.1) is 6.92 Å². The molecule has 0 unspecified atom stereocenters. The molecule has 1 N–H and O–H groups in total. The normalized spacial score (nSPS) is 10.0. The van der Waals surface area contributed by atoms with E-state index in [9.17, 15) is 4.79 Å². The molecule has 4 nitrogen and oxygen atoms in total. The highest BCUT2D eigenvalue weighted by atomic mass is 16.5. The molecule has 0 fully saturated rings. The standard InChI is InChI=1S/C17H19NO3/c1-13-5-3-4-6-16(13)18-17(19)11-12-21-15-9-7-14(20-2)8-10-15/h3-10H,11-12H2,1-2H3,(H,18,19). The third kappa shape index (κ3) is 4.53. The van der Waals surface area contributed by atoms with E-state index in [0.29, 0.717) is 13.0 Å². The molecule has 2 aromatic carbocycles. The molecule has 1 amide bonds. The van der Waals surface area contributed by atoms with Gasteiger partial charge in [-0.2, -0.15) is 0 Å². The number of amides is 1. The Bertz CT molecular complexity index is 593.